The van der Waals surface area contributed by atoms with Crippen molar-refractivity contribution in [2.45, 2.75) is 45.3 Å². The van der Waals surface area contributed by atoms with Gasteiger partial charge in [0.2, 0.25) is 0 Å². The highest BCUT2D eigenvalue weighted by atomic mass is 16.3. The molecule has 1 atom stereocenters. The number of nitrogens with zero attached hydrogens (tertiary/aromatic N) is 2. The second-order valence-corrected chi connectivity index (χ2v) is 3.62. The molecule has 1 rings (SSSR count). The number of hydrogen-bond donors (Lipinski definition) is 1. The lowest BCUT2D eigenvalue weighted by molar-refractivity contribution is -0.0837. The third-order valence-electron chi connectivity index (χ3n) is 2.39. The van der Waals surface area contributed by atoms with E-state index < -0.39 is 5.72 Å². The smallest absolute Gasteiger partial charge is 0.158 e. The molecule has 0 aliphatic carbocycles. The van der Waals surface area contributed by atoms with Crippen LogP contribution < -0.4 is 0 Å². The highest BCUT2D eigenvalue weighted by molar-refractivity contribution is 5.84. The van der Waals surface area contributed by atoms with Crippen molar-refractivity contribution in [3.8, 4) is 0 Å². The van der Waals surface area contributed by atoms with E-state index in [9.17, 15) is 5.11 Å². The molecular weight excluding hydrogens is 152 g/mol. The highest BCUT2D eigenvalue weighted by Gasteiger charge is 2.35. The molecule has 0 saturated carbocycles. The molecule has 3 nitrogen and oxygen atoms in total. The van der Waals surface area contributed by atoms with Crippen molar-refractivity contribution < 1.29 is 5.11 Å². The van der Waals surface area contributed by atoms with Gasteiger partial charge in [0.25, 0.3) is 0 Å². The lowest BCUT2D eigenvalue weighted by atomic mass is 10.0. The van der Waals surface area contributed by atoms with E-state index in [-0.39, 0.29) is 0 Å². The Balaban J connectivity index is 2.51. The molecule has 1 N–H and O–H groups in total. The Labute approximate surface area is 74.1 Å². The molecule has 0 aromatic carbocycles. The summed E-state index contributed by atoms with van der Waals surface area (Å²) in [6.45, 7) is 4.09. The van der Waals surface area contributed by atoms with Gasteiger partial charge in [-0.05, 0) is 19.8 Å². The monoisotopic (exact) mass is 170 g/mol. The lowest BCUT2D eigenvalue weighted by Crippen LogP contribution is -2.40. The fourth-order valence-electron chi connectivity index (χ4n) is 1.62. The van der Waals surface area contributed by atoms with Crippen LogP contribution in [0, 0.1) is 0 Å². The van der Waals surface area contributed by atoms with E-state index in [2.05, 4.69) is 12.0 Å². The van der Waals surface area contributed by atoms with Gasteiger partial charge in [0, 0.05) is 19.2 Å². The maximum atomic E-state index is 10.1. The third-order valence-corrected chi connectivity index (χ3v) is 2.39. The first-order chi connectivity index (χ1) is 5.58. The normalized spacial score (nSPS) is 29.3. The van der Waals surface area contributed by atoms with E-state index in [4.69, 9.17) is 0 Å². The van der Waals surface area contributed by atoms with Crippen LogP contribution in [0.25, 0.3) is 0 Å². The van der Waals surface area contributed by atoms with Crippen LogP contribution in [-0.2, 0) is 0 Å². The van der Waals surface area contributed by atoms with Crippen molar-refractivity contribution in [2.24, 2.45) is 5.10 Å². The molecule has 1 heterocycles. The van der Waals surface area contributed by atoms with Gasteiger partial charge in [-0.2, -0.15) is 5.10 Å². The van der Waals surface area contributed by atoms with Crippen molar-refractivity contribution in [2.75, 3.05) is 7.05 Å². The minimum atomic E-state index is -0.694. The molecule has 12 heavy (non-hydrogen) atoms. The van der Waals surface area contributed by atoms with Crippen LogP contribution in [0.1, 0.15) is 39.5 Å². The van der Waals surface area contributed by atoms with Crippen LogP contribution in [0.5, 0.6) is 0 Å². The number of aliphatic hydroxyl groups is 1. The SMILES string of the molecule is CCCCC1(O)CC(C)=NN1C. The van der Waals surface area contributed by atoms with Crippen molar-refractivity contribution in [3.63, 3.8) is 0 Å². The molecule has 0 fully saturated rings. The molecule has 1 aliphatic rings. The van der Waals surface area contributed by atoms with Gasteiger partial charge in [-0.15, -0.1) is 0 Å². The van der Waals surface area contributed by atoms with E-state index in [1.54, 1.807) is 5.01 Å². The van der Waals surface area contributed by atoms with Crippen LogP contribution in [-0.4, -0.2) is 28.6 Å². The number of rotatable bonds is 3. The Hall–Kier alpha value is -0.570. The van der Waals surface area contributed by atoms with E-state index in [0.717, 1.165) is 25.0 Å². The molecule has 1 unspecified atom stereocenters. The second kappa shape index (κ2) is 3.44. The van der Waals surface area contributed by atoms with Crippen molar-refractivity contribution in [1.82, 2.24) is 5.01 Å². The largest absolute Gasteiger partial charge is 0.369 e. The Morgan fingerprint density at radius 1 is 1.67 bits per heavy atom. The topological polar surface area (TPSA) is 35.8 Å². The minimum absolute atomic E-state index is 0.694. The van der Waals surface area contributed by atoms with E-state index >= 15 is 0 Å². The van der Waals surface area contributed by atoms with Gasteiger partial charge in [-0.1, -0.05) is 13.3 Å². The summed E-state index contributed by atoms with van der Waals surface area (Å²) in [6.07, 6.45) is 3.70. The summed E-state index contributed by atoms with van der Waals surface area (Å²) in [5.41, 5.74) is 0.330. The molecular formula is C9H18N2O. The average Bonchev–Trinajstić information content (AvgIpc) is 2.23. The Morgan fingerprint density at radius 2 is 2.33 bits per heavy atom. The molecule has 1 aliphatic heterocycles. The summed E-state index contributed by atoms with van der Waals surface area (Å²) < 4.78 is 0. The fourth-order valence-corrected chi connectivity index (χ4v) is 1.62. The van der Waals surface area contributed by atoms with Gasteiger partial charge >= 0.3 is 0 Å². The first-order valence-electron chi connectivity index (χ1n) is 4.59. The van der Waals surface area contributed by atoms with Gasteiger partial charge in [-0.3, -0.25) is 5.01 Å². The second-order valence-electron chi connectivity index (χ2n) is 3.62. The molecule has 0 bridgehead atoms. The van der Waals surface area contributed by atoms with Crippen molar-refractivity contribution in [1.29, 1.82) is 0 Å². The molecule has 3 heteroatoms. The number of unbranched alkanes of at least 4 members (excludes halogenated alkanes) is 1. The summed E-state index contributed by atoms with van der Waals surface area (Å²) in [5.74, 6) is 0. The standard InChI is InChI=1S/C9H18N2O/c1-4-5-6-9(12)7-8(2)10-11(9)3/h12H,4-7H2,1-3H3. The van der Waals surface area contributed by atoms with E-state index in [1.807, 2.05) is 14.0 Å². The molecule has 0 aromatic rings. The molecule has 0 saturated heterocycles. The zero-order valence-electron chi connectivity index (χ0n) is 8.17. The Morgan fingerprint density at radius 3 is 2.75 bits per heavy atom. The van der Waals surface area contributed by atoms with E-state index in [1.165, 1.54) is 0 Å². The zero-order chi connectivity index (χ0) is 9.19. The zero-order valence-corrected chi connectivity index (χ0v) is 8.17. The molecule has 0 aromatic heterocycles. The highest BCUT2D eigenvalue weighted by Crippen LogP contribution is 2.28. The molecule has 0 radical (unpaired) electrons. The number of hydrazone groups is 1. The fraction of sp³-hybridized carbons (Fsp3) is 0.889. The summed E-state index contributed by atoms with van der Waals surface area (Å²) in [6, 6.07) is 0. The van der Waals surface area contributed by atoms with Crippen molar-refractivity contribution >= 4 is 5.71 Å². The number of hydrogen-bond acceptors (Lipinski definition) is 3. The third kappa shape index (κ3) is 1.78. The maximum Gasteiger partial charge on any atom is 0.158 e. The van der Waals surface area contributed by atoms with Crippen LogP contribution >= 0.6 is 0 Å². The molecule has 70 valence electrons. The Bertz CT molecular complexity index is 191. The average molecular weight is 170 g/mol. The first-order valence-corrected chi connectivity index (χ1v) is 4.59. The van der Waals surface area contributed by atoms with Crippen LogP contribution in [0.4, 0.5) is 0 Å². The van der Waals surface area contributed by atoms with Crippen LogP contribution in [0.3, 0.4) is 0 Å². The predicted octanol–water partition coefficient (Wildman–Crippen LogP) is 1.58. The van der Waals surface area contributed by atoms with Crippen LogP contribution in [0.15, 0.2) is 5.10 Å². The maximum absolute atomic E-state index is 10.1. The predicted molar refractivity (Wildman–Crippen MR) is 50.0 cm³/mol. The van der Waals surface area contributed by atoms with Crippen LogP contribution in [0.2, 0.25) is 0 Å². The van der Waals surface area contributed by atoms with Gasteiger partial charge in [0.1, 0.15) is 0 Å². The van der Waals surface area contributed by atoms with Crippen molar-refractivity contribution in [3.05, 3.63) is 0 Å². The summed E-state index contributed by atoms with van der Waals surface area (Å²) >= 11 is 0. The summed E-state index contributed by atoms with van der Waals surface area (Å²) in [5, 5.41) is 16.0. The van der Waals surface area contributed by atoms with E-state index in [0.29, 0.717) is 6.42 Å². The lowest BCUT2D eigenvalue weighted by Gasteiger charge is -2.29. The summed E-state index contributed by atoms with van der Waals surface area (Å²) in [7, 11) is 1.84. The quantitative estimate of drug-likeness (QED) is 0.698. The minimum Gasteiger partial charge on any atom is -0.369 e. The van der Waals surface area contributed by atoms with Gasteiger partial charge in [-0.25, -0.2) is 0 Å². The molecule has 0 spiro atoms. The molecule has 0 amide bonds. The first kappa shape index (κ1) is 9.52. The van der Waals surface area contributed by atoms with Gasteiger partial charge in [0.05, 0.1) is 0 Å². The summed E-state index contributed by atoms with van der Waals surface area (Å²) in [4.78, 5) is 0. The van der Waals surface area contributed by atoms with Gasteiger partial charge < -0.3 is 5.11 Å². The Kier molecular flexibility index (Phi) is 2.73. The van der Waals surface area contributed by atoms with Gasteiger partial charge in [0.15, 0.2) is 5.72 Å².